The van der Waals surface area contributed by atoms with Crippen molar-refractivity contribution < 1.29 is 4.79 Å². The van der Waals surface area contributed by atoms with Crippen LogP contribution >= 0.6 is 0 Å². The minimum absolute atomic E-state index is 0.0890. The molecule has 1 unspecified atom stereocenters. The lowest BCUT2D eigenvalue weighted by atomic mass is 9.69. The molecule has 0 heterocycles. The van der Waals surface area contributed by atoms with Gasteiger partial charge in [0.1, 0.15) is 5.78 Å². The molecule has 0 N–H and O–H groups in total. The molecule has 1 aliphatic carbocycles. The number of hydrogen-bond donors (Lipinski definition) is 0. The van der Waals surface area contributed by atoms with E-state index in [1.807, 2.05) is 6.08 Å². The van der Waals surface area contributed by atoms with Crippen LogP contribution in [0.15, 0.2) is 12.7 Å². The summed E-state index contributed by atoms with van der Waals surface area (Å²) in [6, 6.07) is 0. The monoisotopic (exact) mass is 166 g/mol. The lowest BCUT2D eigenvalue weighted by molar-refractivity contribution is -0.131. The lowest BCUT2D eigenvalue weighted by Gasteiger charge is -2.33. The molecule has 0 aromatic heterocycles. The first-order valence-electron chi connectivity index (χ1n) is 4.73. The summed E-state index contributed by atoms with van der Waals surface area (Å²) in [5.74, 6) is 1.02. The third kappa shape index (κ3) is 1.77. The summed E-state index contributed by atoms with van der Waals surface area (Å²) in [7, 11) is 0. The topological polar surface area (TPSA) is 17.1 Å². The molecule has 0 saturated heterocycles. The van der Waals surface area contributed by atoms with E-state index in [-0.39, 0.29) is 5.41 Å². The molecule has 1 fully saturated rings. The Morgan fingerprint density at radius 2 is 2.42 bits per heavy atom. The van der Waals surface area contributed by atoms with Crippen LogP contribution < -0.4 is 0 Å². The van der Waals surface area contributed by atoms with Gasteiger partial charge in [0.15, 0.2) is 0 Å². The molecule has 0 aliphatic heterocycles. The fourth-order valence-electron chi connectivity index (χ4n) is 1.90. The summed E-state index contributed by atoms with van der Waals surface area (Å²) in [6.45, 7) is 7.93. The van der Waals surface area contributed by atoms with Gasteiger partial charge >= 0.3 is 0 Å². The maximum Gasteiger partial charge on any atom is 0.139 e. The predicted octanol–water partition coefficient (Wildman–Crippen LogP) is 2.96. The summed E-state index contributed by atoms with van der Waals surface area (Å²) in [6.07, 6.45) is 5.71. The molecule has 0 radical (unpaired) electrons. The number of Topliss-reactive ketones (excluding diaryl/α,β-unsaturated/α-hetero) is 1. The zero-order valence-corrected chi connectivity index (χ0v) is 8.10. The minimum atomic E-state index is -0.0890. The van der Waals surface area contributed by atoms with E-state index in [2.05, 4.69) is 20.4 Å². The van der Waals surface area contributed by atoms with Crippen LogP contribution in [0.5, 0.6) is 0 Å². The quantitative estimate of drug-likeness (QED) is 0.576. The molecule has 2 atom stereocenters. The second-order valence-corrected chi connectivity index (χ2v) is 4.32. The van der Waals surface area contributed by atoms with Gasteiger partial charge in [-0.15, -0.1) is 6.58 Å². The van der Waals surface area contributed by atoms with Crippen LogP contribution in [0.3, 0.4) is 0 Å². The van der Waals surface area contributed by atoms with Gasteiger partial charge in [0.25, 0.3) is 0 Å². The van der Waals surface area contributed by atoms with Gasteiger partial charge in [-0.25, -0.2) is 0 Å². The molecule has 1 aliphatic rings. The average molecular weight is 166 g/mol. The first-order chi connectivity index (χ1) is 5.58. The molecule has 1 heteroatoms. The van der Waals surface area contributed by atoms with E-state index in [4.69, 9.17) is 0 Å². The number of hydrogen-bond acceptors (Lipinski definition) is 1. The SMILES string of the molecule is C=CC[C@@]1(C)CCC(C)CC1=O. The molecular weight excluding hydrogens is 148 g/mol. The van der Waals surface area contributed by atoms with Gasteiger partial charge in [-0.05, 0) is 25.2 Å². The van der Waals surface area contributed by atoms with Crippen molar-refractivity contribution in [1.29, 1.82) is 0 Å². The van der Waals surface area contributed by atoms with Crippen LogP contribution in [0.4, 0.5) is 0 Å². The van der Waals surface area contributed by atoms with E-state index < -0.39 is 0 Å². The normalized spacial score (nSPS) is 36.5. The molecule has 1 nitrogen and oxygen atoms in total. The number of carbonyl (C=O) groups is 1. The van der Waals surface area contributed by atoms with Crippen LogP contribution in [0.25, 0.3) is 0 Å². The van der Waals surface area contributed by atoms with Gasteiger partial charge in [-0.3, -0.25) is 4.79 Å². The maximum atomic E-state index is 11.7. The Kier molecular flexibility index (Phi) is 2.71. The highest BCUT2D eigenvalue weighted by Crippen LogP contribution is 2.38. The second kappa shape index (κ2) is 3.42. The van der Waals surface area contributed by atoms with E-state index in [9.17, 15) is 4.79 Å². The molecule has 1 rings (SSSR count). The van der Waals surface area contributed by atoms with Gasteiger partial charge < -0.3 is 0 Å². The largest absolute Gasteiger partial charge is 0.299 e. The summed E-state index contributed by atoms with van der Waals surface area (Å²) in [4.78, 5) is 11.7. The predicted molar refractivity (Wildman–Crippen MR) is 50.9 cm³/mol. The Hall–Kier alpha value is -0.590. The molecule has 68 valence electrons. The summed E-state index contributed by atoms with van der Waals surface area (Å²) < 4.78 is 0. The zero-order chi connectivity index (χ0) is 9.19. The van der Waals surface area contributed by atoms with Crippen molar-refractivity contribution in [2.45, 2.75) is 39.5 Å². The number of ketones is 1. The van der Waals surface area contributed by atoms with Gasteiger partial charge in [0.2, 0.25) is 0 Å². The minimum Gasteiger partial charge on any atom is -0.299 e. The molecule has 0 aromatic carbocycles. The molecule has 0 amide bonds. The Labute approximate surface area is 74.9 Å². The molecule has 1 saturated carbocycles. The molecule has 0 spiro atoms. The summed E-state index contributed by atoms with van der Waals surface area (Å²) in [5.41, 5.74) is -0.0890. The molecule has 12 heavy (non-hydrogen) atoms. The lowest BCUT2D eigenvalue weighted by Crippen LogP contribution is -2.33. The fourth-order valence-corrected chi connectivity index (χ4v) is 1.90. The Bertz CT molecular complexity index is 195. The van der Waals surface area contributed by atoms with Crippen LogP contribution in [-0.2, 0) is 4.79 Å². The highest BCUT2D eigenvalue weighted by molar-refractivity contribution is 5.85. The Morgan fingerprint density at radius 3 is 2.92 bits per heavy atom. The van der Waals surface area contributed by atoms with Gasteiger partial charge in [-0.1, -0.05) is 19.9 Å². The highest BCUT2D eigenvalue weighted by atomic mass is 16.1. The van der Waals surface area contributed by atoms with E-state index >= 15 is 0 Å². The Morgan fingerprint density at radius 1 is 1.75 bits per heavy atom. The summed E-state index contributed by atoms with van der Waals surface area (Å²) >= 11 is 0. The first-order valence-corrected chi connectivity index (χ1v) is 4.73. The third-order valence-electron chi connectivity index (χ3n) is 2.99. The van der Waals surface area contributed by atoms with E-state index in [1.165, 1.54) is 6.42 Å². The van der Waals surface area contributed by atoms with E-state index in [0.717, 1.165) is 19.3 Å². The molecule has 0 bridgehead atoms. The zero-order valence-electron chi connectivity index (χ0n) is 8.10. The van der Waals surface area contributed by atoms with Crippen LogP contribution in [0, 0.1) is 11.3 Å². The van der Waals surface area contributed by atoms with Crippen molar-refractivity contribution in [1.82, 2.24) is 0 Å². The molecule has 0 aromatic rings. The second-order valence-electron chi connectivity index (χ2n) is 4.32. The molecular formula is C11H18O. The van der Waals surface area contributed by atoms with E-state index in [0.29, 0.717) is 11.7 Å². The van der Waals surface area contributed by atoms with Gasteiger partial charge in [0, 0.05) is 11.8 Å². The van der Waals surface area contributed by atoms with Crippen LogP contribution in [-0.4, -0.2) is 5.78 Å². The van der Waals surface area contributed by atoms with Crippen molar-refractivity contribution in [2.24, 2.45) is 11.3 Å². The van der Waals surface area contributed by atoms with Crippen molar-refractivity contribution >= 4 is 5.78 Å². The van der Waals surface area contributed by atoms with Crippen molar-refractivity contribution in [3.8, 4) is 0 Å². The smallest absolute Gasteiger partial charge is 0.139 e. The average Bonchev–Trinajstić information content (AvgIpc) is 1.99. The number of carbonyl (C=O) groups excluding carboxylic acids is 1. The number of rotatable bonds is 2. The Balaban J connectivity index is 2.65. The van der Waals surface area contributed by atoms with Crippen molar-refractivity contribution in [3.63, 3.8) is 0 Å². The van der Waals surface area contributed by atoms with Gasteiger partial charge in [-0.2, -0.15) is 0 Å². The highest BCUT2D eigenvalue weighted by Gasteiger charge is 2.35. The summed E-state index contributed by atoms with van der Waals surface area (Å²) in [5, 5.41) is 0. The standard InChI is InChI=1S/C11H18O/c1-4-6-11(3)7-5-9(2)8-10(11)12/h4,9H,1,5-8H2,2-3H3/t9?,11-/m0/s1. The van der Waals surface area contributed by atoms with Gasteiger partial charge in [0.05, 0.1) is 0 Å². The van der Waals surface area contributed by atoms with Crippen molar-refractivity contribution in [2.75, 3.05) is 0 Å². The van der Waals surface area contributed by atoms with E-state index in [1.54, 1.807) is 0 Å². The maximum absolute atomic E-state index is 11.7. The fraction of sp³-hybridized carbons (Fsp3) is 0.727. The van der Waals surface area contributed by atoms with Crippen LogP contribution in [0.2, 0.25) is 0 Å². The van der Waals surface area contributed by atoms with Crippen LogP contribution in [0.1, 0.15) is 39.5 Å². The van der Waals surface area contributed by atoms with Crippen molar-refractivity contribution in [3.05, 3.63) is 12.7 Å². The third-order valence-corrected chi connectivity index (χ3v) is 2.99. The number of allylic oxidation sites excluding steroid dienone is 1. The first kappa shape index (κ1) is 9.50.